The smallest absolute Gasteiger partial charge is 0.257 e. The highest BCUT2D eigenvalue weighted by molar-refractivity contribution is 5.64. The number of aromatic nitrogens is 4. The molecule has 3 N–H and O–H groups in total. The summed E-state index contributed by atoms with van der Waals surface area (Å²) < 4.78 is 24.6. The summed E-state index contributed by atoms with van der Waals surface area (Å²) in [5, 5.41) is 3.30. The second kappa shape index (κ2) is 8.26. The lowest BCUT2D eigenvalue weighted by Gasteiger charge is -2.22. The van der Waals surface area contributed by atoms with Crippen LogP contribution < -0.4 is 20.5 Å². The SMILES string of the molecule is CC(CCNc1cc(-c2cnc(F)c(N)c2)ncn1)c1ccnc2c1OCCO2. The van der Waals surface area contributed by atoms with Gasteiger partial charge in [0.2, 0.25) is 5.95 Å². The molecule has 1 aliphatic rings. The Morgan fingerprint density at radius 1 is 1.17 bits per heavy atom. The number of nitrogen functional groups attached to an aromatic ring is 1. The van der Waals surface area contributed by atoms with Crippen molar-refractivity contribution in [2.45, 2.75) is 19.3 Å². The number of nitrogens with two attached hydrogens (primary N) is 1. The van der Waals surface area contributed by atoms with Gasteiger partial charge in [-0.25, -0.2) is 19.9 Å². The van der Waals surface area contributed by atoms with E-state index in [4.69, 9.17) is 15.2 Å². The van der Waals surface area contributed by atoms with Gasteiger partial charge in [-0.15, -0.1) is 0 Å². The molecule has 8 nitrogen and oxygen atoms in total. The van der Waals surface area contributed by atoms with Crippen molar-refractivity contribution in [1.82, 2.24) is 19.9 Å². The second-order valence-electron chi connectivity index (χ2n) is 6.74. The van der Waals surface area contributed by atoms with Crippen molar-refractivity contribution in [3.63, 3.8) is 0 Å². The zero-order valence-electron chi connectivity index (χ0n) is 15.9. The van der Waals surface area contributed by atoms with Crippen molar-refractivity contribution in [1.29, 1.82) is 0 Å². The van der Waals surface area contributed by atoms with Crippen molar-refractivity contribution in [2.24, 2.45) is 0 Å². The Hall–Kier alpha value is -3.49. The molecule has 1 aliphatic heterocycles. The minimum atomic E-state index is -0.692. The highest BCUT2D eigenvalue weighted by Crippen LogP contribution is 2.36. The molecule has 0 aromatic carbocycles. The number of halogens is 1. The summed E-state index contributed by atoms with van der Waals surface area (Å²) in [5.74, 6) is 1.51. The predicted molar refractivity (Wildman–Crippen MR) is 106 cm³/mol. The van der Waals surface area contributed by atoms with Gasteiger partial charge in [-0.2, -0.15) is 4.39 Å². The summed E-state index contributed by atoms with van der Waals surface area (Å²) in [6.45, 7) is 3.88. The molecule has 0 saturated heterocycles. The molecule has 9 heteroatoms. The fourth-order valence-electron chi connectivity index (χ4n) is 3.15. The standard InChI is InChI=1S/C20H21FN6O2/c1-12(14-3-5-24-20-18(14)28-6-7-29-20)2-4-23-17-9-16(26-11-27-17)13-8-15(22)19(21)25-10-13/h3,5,8-12H,2,4,6-7,22H2,1H3,(H,23,26,27). The Bertz CT molecular complexity index is 1020. The first kappa shape index (κ1) is 18.9. The fraction of sp³-hybridized carbons (Fsp3) is 0.300. The van der Waals surface area contributed by atoms with Gasteiger partial charge in [0.25, 0.3) is 5.88 Å². The molecule has 1 atom stereocenters. The average molecular weight is 396 g/mol. The van der Waals surface area contributed by atoms with Crippen LogP contribution in [0.3, 0.4) is 0 Å². The van der Waals surface area contributed by atoms with Crippen LogP contribution in [0.15, 0.2) is 36.9 Å². The van der Waals surface area contributed by atoms with E-state index in [9.17, 15) is 4.39 Å². The lowest BCUT2D eigenvalue weighted by atomic mass is 9.97. The minimum Gasteiger partial charge on any atom is -0.484 e. The van der Waals surface area contributed by atoms with Crippen molar-refractivity contribution >= 4 is 11.5 Å². The summed E-state index contributed by atoms with van der Waals surface area (Å²) in [6, 6.07) is 5.25. The Kier molecular flexibility index (Phi) is 5.37. The molecule has 0 saturated carbocycles. The molecule has 3 aromatic heterocycles. The van der Waals surface area contributed by atoms with Crippen LogP contribution >= 0.6 is 0 Å². The molecule has 0 radical (unpaired) electrons. The van der Waals surface area contributed by atoms with E-state index < -0.39 is 5.95 Å². The molecule has 0 aliphatic carbocycles. The molecular weight excluding hydrogens is 375 g/mol. The number of hydrogen-bond donors (Lipinski definition) is 2. The summed E-state index contributed by atoms with van der Waals surface area (Å²) >= 11 is 0. The fourth-order valence-corrected chi connectivity index (χ4v) is 3.15. The number of fused-ring (bicyclic) bond motifs is 1. The third-order valence-corrected chi connectivity index (χ3v) is 4.71. The van der Waals surface area contributed by atoms with Crippen LogP contribution in [0.1, 0.15) is 24.8 Å². The van der Waals surface area contributed by atoms with Crippen LogP contribution in [0.2, 0.25) is 0 Å². The first-order valence-corrected chi connectivity index (χ1v) is 9.33. The van der Waals surface area contributed by atoms with Gasteiger partial charge in [0.05, 0.1) is 11.4 Å². The Balaban J connectivity index is 1.40. The lowest BCUT2D eigenvalue weighted by Crippen LogP contribution is -2.18. The largest absolute Gasteiger partial charge is 0.484 e. The van der Waals surface area contributed by atoms with E-state index in [1.165, 1.54) is 18.6 Å². The molecule has 1 unspecified atom stereocenters. The maximum atomic E-state index is 13.3. The zero-order chi connectivity index (χ0) is 20.2. The summed E-state index contributed by atoms with van der Waals surface area (Å²) in [7, 11) is 0. The van der Waals surface area contributed by atoms with E-state index in [0.717, 1.165) is 17.7 Å². The normalized spacial score (nSPS) is 13.7. The van der Waals surface area contributed by atoms with E-state index in [2.05, 4.69) is 32.2 Å². The van der Waals surface area contributed by atoms with Crippen molar-refractivity contribution in [3.8, 4) is 22.9 Å². The van der Waals surface area contributed by atoms with Gasteiger partial charge in [-0.05, 0) is 24.5 Å². The molecule has 3 aromatic rings. The molecule has 150 valence electrons. The van der Waals surface area contributed by atoms with Gasteiger partial charge in [-0.3, -0.25) is 0 Å². The van der Waals surface area contributed by atoms with Gasteiger partial charge in [0.1, 0.15) is 25.4 Å². The molecule has 0 spiro atoms. The number of rotatable bonds is 6. The van der Waals surface area contributed by atoms with Crippen molar-refractivity contribution < 1.29 is 13.9 Å². The Labute approximate surface area is 167 Å². The third kappa shape index (κ3) is 4.18. The quantitative estimate of drug-likeness (QED) is 0.612. The van der Waals surface area contributed by atoms with Gasteiger partial charge in [-0.1, -0.05) is 6.92 Å². The summed E-state index contributed by atoms with van der Waals surface area (Å²) in [4.78, 5) is 16.3. The number of pyridine rings is 2. The molecule has 29 heavy (non-hydrogen) atoms. The Morgan fingerprint density at radius 2 is 2.03 bits per heavy atom. The number of nitrogens with zero attached hydrogens (tertiary/aromatic N) is 4. The summed E-state index contributed by atoms with van der Waals surface area (Å²) in [6.07, 6.45) is 5.44. The first-order chi connectivity index (χ1) is 14.1. The van der Waals surface area contributed by atoms with Crippen LogP contribution in [0, 0.1) is 5.95 Å². The Morgan fingerprint density at radius 3 is 2.90 bits per heavy atom. The highest BCUT2D eigenvalue weighted by atomic mass is 19.1. The second-order valence-corrected chi connectivity index (χ2v) is 6.74. The number of ether oxygens (including phenoxy) is 2. The van der Waals surface area contributed by atoms with E-state index in [-0.39, 0.29) is 11.6 Å². The first-order valence-electron chi connectivity index (χ1n) is 9.33. The molecule has 0 bridgehead atoms. The van der Waals surface area contributed by atoms with E-state index in [1.807, 2.05) is 6.07 Å². The van der Waals surface area contributed by atoms with E-state index in [0.29, 0.717) is 42.7 Å². The van der Waals surface area contributed by atoms with E-state index in [1.54, 1.807) is 12.3 Å². The molecule has 0 fully saturated rings. The van der Waals surface area contributed by atoms with Gasteiger partial charge in [0.15, 0.2) is 5.75 Å². The van der Waals surface area contributed by atoms with Gasteiger partial charge >= 0.3 is 0 Å². The lowest BCUT2D eigenvalue weighted by molar-refractivity contribution is 0.162. The average Bonchev–Trinajstić information content (AvgIpc) is 2.75. The van der Waals surface area contributed by atoms with E-state index >= 15 is 0 Å². The third-order valence-electron chi connectivity index (χ3n) is 4.71. The van der Waals surface area contributed by atoms with Crippen LogP contribution in [0.4, 0.5) is 15.9 Å². The van der Waals surface area contributed by atoms with Crippen LogP contribution in [0.5, 0.6) is 11.6 Å². The number of hydrogen-bond acceptors (Lipinski definition) is 8. The van der Waals surface area contributed by atoms with Crippen molar-refractivity contribution in [3.05, 3.63) is 48.4 Å². The zero-order valence-corrected chi connectivity index (χ0v) is 15.9. The highest BCUT2D eigenvalue weighted by Gasteiger charge is 2.20. The van der Waals surface area contributed by atoms with Crippen LogP contribution in [0.25, 0.3) is 11.3 Å². The predicted octanol–water partition coefficient (Wildman–Crippen LogP) is 3.03. The van der Waals surface area contributed by atoms with Crippen LogP contribution in [-0.4, -0.2) is 39.7 Å². The van der Waals surface area contributed by atoms with Crippen LogP contribution in [-0.2, 0) is 0 Å². The minimum absolute atomic E-state index is 0.0173. The van der Waals surface area contributed by atoms with Gasteiger partial charge in [0, 0.05) is 36.1 Å². The van der Waals surface area contributed by atoms with Crippen molar-refractivity contribution in [2.75, 3.05) is 30.8 Å². The maximum Gasteiger partial charge on any atom is 0.257 e. The number of nitrogens with one attached hydrogen (secondary N) is 1. The molecular formula is C20H21FN6O2. The van der Waals surface area contributed by atoms with Gasteiger partial charge < -0.3 is 20.5 Å². The molecule has 4 heterocycles. The monoisotopic (exact) mass is 396 g/mol. The molecule has 0 amide bonds. The summed E-state index contributed by atoms with van der Waals surface area (Å²) in [5.41, 5.74) is 7.89. The maximum absolute atomic E-state index is 13.3. The molecule has 4 rings (SSSR count). The number of anilines is 2. The topological polar surface area (TPSA) is 108 Å².